The average molecular weight is 458 g/mol. The Morgan fingerprint density at radius 3 is 2.59 bits per heavy atom. The van der Waals surface area contributed by atoms with Gasteiger partial charge in [0.15, 0.2) is 5.11 Å². The largest absolute Gasteiger partial charge is 0.491 e. The van der Waals surface area contributed by atoms with Crippen molar-refractivity contribution in [1.29, 1.82) is 0 Å². The molecule has 0 atom stereocenters. The van der Waals surface area contributed by atoms with E-state index < -0.39 is 0 Å². The fourth-order valence-corrected chi connectivity index (χ4v) is 3.32. The third kappa shape index (κ3) is 7.01. The summed E-state index contributed by atoms with van der Waals surface area (Å²) in [5.74, 6) is 0.150. The van der Waals surface area contributed by atoms with Gasteiger partial charge in [0.05, 0.1) is 19.8 Å². The molecule has 8 nitrogen and oxygen atoms in total. The van der Waals surface area contributed by atoms with E-state index in [0.29, 0.717) is 68.7 Å². The van der Waals surface area contributed by atoms with Crippen LogP contribution in [0.3, 0.4) is 0 Å². The molecule has 2 N–H and O–H groups in total. The van der Waals surface area contributed by atoms with Gasteiger partial charge in [0.2, 0.25) is 0 Å². The van der Waals surface area contributed by atoms with Crippen LogP contribution in [0.5, 0.6) is 5.75 Å². The van der Waals surface area contributed by atoms with Crippen molar-refractivity contribution >= 4 is 34.8 Å². The van der Waals surface area contributed by atoms with Gasteiger partial charge >= 0.3 is 0 Å². The van der Waals surface area contributed by atoms with E-state index in [2.05, 4.69) is 10.6 Å². The van der Waals surface area contributed by atoms with Gasteiger partial charge in [-0.15, -0.1) is 0 Å². The minimum atomic E-state index is -0.363. The van der Waals surface area contributed by atoms with E-state index in [1.165, 1.54) is 0 Å². The quantitative estimate of drug-likeness (QED) is 0.465. The van der Waals surface area contributed by atoms with E-state index in [4.69, 9.17) is 26.4 Å². The molecule has 0 aromatic heterocycles. The molecule has 0 aliphatic carbocycles. The Kier molecular flexibility index (Phi) is 8.97. The van der Waals surface area contributed by atoms with Gasteiger partial charge in [-0.2, -0.15) is 0 Å². The summed E-state index contributed by atoms with van der Waals surface area (Å²) in [6, 6.07) is 13.8. The maximum absolute atomic E-state index is 12.7. The number of rotatable bonds is 8. The summed E-state index contributed by atoms with van der Waals surface area (Å²) in [4.78, 5) is 27.0. The molecule has 9 heteroatoms. The number of ether oxygens (including phenoxy) is 3. The minimum absolute atomic E-state index is 0.0620. The standard InChI is InChI=1S/C23H27N3O5S/c1-2-29-13-14-31-20-8-4-5-17(16-20)21(27)25-23(32)24-19-7-3-6-18(15-19)22(28)26-9-11-30-12-10-26/h3-8,15-16H,2,9-14H2,1H3,(H2,24,25,27,32). The molecule has 3 rings (SSSR count). The molecule has 1 fully saturated rings. The Hall–Kier alpha value is -3.01. The van der Waals surface area contributed by atoms with Crippen molar-refractivity contribution in [3.05, 3.63) is 59.7 Å². The zero-order valence-corrected chi connectivity index (χ0v) is 18.8. The lowest BCUT2D eigenvalue weighted by molar-refractivity contribution is 0.0303. The molecule has 1 saturated heterocycles. The highest BCUT2D eigenvalue weighted by molar-refractivity contribution is 7.80. The number of hydrogen-bond acceptors (Lipinski definition) is 6. The third-order valence-corrected chi connectivity index (χ3v) is 4.89. The Morgan fingerprint density at radius 2 is 1.81 bits per heavy atom. The number of amides is 2. The molecule has 1 aliphatic rings. The van der Waals surface area contributed by atoms with Crippen molar-refractivity contribution in [2.75, 3.05) is 51.4 Å². The van der Waals surface area contributed by atoms with Crippen LogP contribution in [-0.2, 0) is 9.47 Å². The second kappa shape index (κ2) is 12.1. The number of morpholine rings is 1. The highest BCUT2D eigenvalue weighted by atomic mass is 32.1. The average Bonchev–Trinajstić information content (AvgIpc) is 2.82. The molecule has 1 heterocycles. The number of anilines is 1. The molecule has 2 aromatic carbocycles. The Labute approximate surface area is 192 Å². The normalized spacial score (nSPS) is 13.3. The van der Waals surface area contributed by atoms with Crippen molar-refractivity contribution in [1.82, 2.24) is 10.2 Å². The predicted molar refractivity (Wildman–Crippen MR) is 125 cm³/mol. The van der Waals surface area contributed by atoms with Crippen molar-refractivity contribution in [2.45, 2.75) is 6.92 Å². The molecule has 0 bridgehead atoms. The summed E-state index contributed by atoms with van der Waals surface area (Å²) < 4.78 is 16.1. The fraction of sp³-hybridized carbons (Fsp3) is 0.348. The molecule has 2 amide bonds. The lowest BCUT2D eigenvalue weighted by Crippen LogP contribution is -2.40. The highest BCUT2D eigenvalue weighted by Gasteiger charge is 2.19. The Balaban J connectivity index is 1.55. The summed E-state index contributed by atoms with van der Waals surface area (Å²) >= 11 is 5.28. The van der Waals surface area contributed by atoms with E-state index in [1.54, 1.807) is 53.4 Å². The van der Waals surface area contributed by atoms with E-state index >= 15 is 0 Å². The second-order valence-electron chi connectivity index (χ2n) is 6.97. The molecule has 1 aliphatic heterocycles. The molecule has 0 radical (unpaired) electrons. The first-order valence-corrected chi connectivity index (χ1v) is 10.9. The first kappa shape index (κ1) is 23.6. The van der Waals surface area contributed by atoms with Crippen molar-refractivity contribution in [3.8, 4) is 5.75 Å². The number of thiocarbonyl (C=S) groups is 1. The molecule has 170 valence electrons. The SMILES string of the molecule is CCOCCOc1cccc(C(=O)NC(=S)Nc2cccc(C(=O)N3CCOCC3)c2)c1. The van der Waals surface area contributed by atoms with Crippen LogP contribution in [0.2, 0.25) is 0 Å². The van der Waals surface area contributed by atoms with E-state index in [9.17, 15) is 9.59 Å². The van der Waals surface area contributed by atoms with Gasteiger partial charge in [-0.1, -0.05) is 12.1 Å². The van der Waals surface area contributed by atoms with Gasteiger partial charge in [0, 0.05) is 36.5 Å². The molecule has 2 aromatic rings. The van der Waals surface area contributed by atoms with Crippen molar-refractivity contribution in [3.63, 3.8) is 0 Å². The maximum atomic E-state index is 12.7. The molecule has 0 unspecified atom stereocenters. The summed E-state index contributed by atoms with van der Waals surface area (Å²) in [5, 5.41) is 5.74. The predicted octanol–water partition coefficient (Wildman–Crippen LogP) is 2.70. The highest BCUT2D eigenvalue weighted by Crippen LogP contribution is 2.15. The minimum Gasteiger partial charge on any atom is -0.491 e. The number of nitrogens with one attached hydrogen (secondary N) is 2. The van der Waals surface area contributed by atoms with Gasteiger partial charge < -0.3 is 24.4 Å². The van der Waals surface area contributed by atoms with E-state index in [0.717, 1.165) is 0 Å². The Morgan fingerprint density at radius 1 is 1.06 bits per heavy atom. The zero-order valence-electron chi connectivity index (χ0n) is 18.0. The summed E-state index contributed by atoms with van der Waals surface area (Å²) in [7, 11) is 0. The smallest absolute Gasteiger partial charge is 0.257 e. The van der Waals surface area contributed by atoms with Crippen LogP contribution < -0.4 is 15.4 Å². The van der Waals surface area contributed by atoms with Crippen LogP contribution in [0.15, 0.2) is 48.5 Å². The van der Waals surface area contributed by atoms with Crippen LogP contribution >= 0.6 is 12.2 Å². The van der Waals surface area contributed by atoms with Gasteiger partial charge in [0.1, 0.15) is 12.4 Å². The summed E-state index contributed by atoms with van der Waals surface area (Å²) in [6.45, 7) is 5.64. The van der Waals surface area contributed by atoms with Crippen LogP contribution in [0.1, 0.15) is 27.6 Å². The Bertz CT molecular complexity index is 947. The molecule has 0 saturated carbocycles. The fourth-order valence-electron chi connectivity index (χ4n) is 3.11. The summed E-state index contributed by atoms with van der Waals surface area (Å²) in [6.07, 6.45) is 0. The third-order valence-electron chi connectivity index (χ3n) is 4.69. The van der Waals surface area contributed by atoms with E-state index in [1.807, 2.05) is 6.92 Å². The molecular weight excluding hydrogens is 430 g/mol. The second-order valence-corrected chi connectivity index (χ2v) is 7.38. The number of benzene rings is 2. The first-order chi connectivity index (χ1) is 15.6. The van der Waals surface area contributed by atoms with Gasteiger partial charge in [-0.3, -0.25) is 14.9 Å². The zero-order chi connectivity index (χ0) is 22.8. The van der Waals surface area contributed by atoms with Crippen molar-refractivity contribution in [2.24, 2.45) is 0 Å². The van der Waals surface area contributed by atoms with Crippen molar-refractivity contribution < 1.29 is 23.8 Å². The topological polar surface area (TPSA) is 89.1 Å². The summed E-state index contributed by atoms with van der Waals surface area (Å²) in [5.41, 5.74) is 1.57. The lowest BCUT2D eigenvalue weighted by atomic mass is 10.1. The van der Waals surface area contributed by atoms with Gasteiger partial charge in [-0.05, 0) is 55.5 Å². The van der Waals surface area contributed by atoms with Crippen LogP contribution in [0.4, 0.5) is 5.69 Å². The van der Waals surface area contributed by atoms with Crippen LogP contribution in [-0.4, -0.2) is 68.0 Å². The number of carbonyl (C=O) groups is 2. The first-order valence-electron chi connectivity index (χ1n) is 10.5. The lowest BCUT2D eigenvalue weighted by Gasteiger charge is -2.27. The van der Waals surface area contributed by atoms with Crippen LogP contribution in [0.25, 0.3) is 0 Å². The van der Waals surface area contributed by atoms with Gasteiger partial charge in [-0.25, -0.2) is 0 Å². The van der Waals surface area contributed by atoms with Gasteiger partial charge in [0.25, 0.3) is 11.8 Å². The van der Waals surface area contributed by atoms with E-state index in [-0.39, 0.29) is 16.9 Å². The monoisotopic (exact) mass is 457 g/mol. The number of nitrogens with zero attached hydrogens (tertiary/aromatic N) is 1. The maximum Gasteiger partial charge on any atom is 0.257 e. The molecule has 32 heavy (non-hydrogen) atoms. The molecule has 0 spiro atoms. The number of hydrogen-bond donors (Lipinski definition) is 2. The van der Waals surface area contributed by atoms with Crippen LogP contribution in [0, 0.1) is 0 Å². The molecular formula is C23H27N3O5S. The number of carbonyl (C=O) groups excluding carboxylic acids is 2.